The fourth-order valence-electron chi connectivity index (χ4n) is 2.20. The second-order valence-corrected chi connectivity index (χ2v) is 5.58. The molecule has 0 aliphatic rings. The van der Waals surface area contributed by atoms with Gasteiger partial charge in [0, 0.05) is 0 Å². The summed E-state index contributed by atoms with van der Waals surface area (Å²) in [6.07, 6.45) is 2.94. The van der Waals surface area contributed by atoms with Gasteiger partial charge >= 0.3 is 11.9 Å². The zero-order valence-electron chi connectivity index (χ0n) is 14.1. The zero-order valence-corrected chi connectivity index (χ0v) is 14.1. The monoisotopic (exact) mass is 326 g/mol. The van der Waals surface area contributed by atoms with Crippen LogP contribution in [0.2, 0.25) is 0 Å². The molecule has 0 N–H and O–H groups in total. The molecule has 2 rings (SSSR count). The van der Waals surface area contributed by atoms with Gasteiger partial charge in [0.15, 0.2) is 0 Å². The van der Waals surface area contributed by atoms with Crippen LogP contribution in [0.15, 0.2) is 48.5 Å². The van der Waals surface area contributed by atoms with Crippen molar-refractivity contribution in [3.05, 3.63) is 65.2 Å². The van der Waals surface area contributed by atoms with Crippen LogP contribution in [0.1, 0.15) is 52.5 Å². The highest BCUT2D eigenvalue weighted by Crippen LogP contribution is 2.18. The molecule has 4 nitrogen and oxygen atoms in total. The minimum Gasteiger partial charge on any atom is -0.462 e. The number of ether oxygens (including phenoxy) is 2. The summed E-state index contributed by atoms with van der Waals surface area (Å²) in [4.78, 5) is 24.3. The molecule has 0 saturated carbocycles. The van der Waals surface area contributed by atoms with Crippen LogP contribution in [0.25, 0.3) is 0 Å². The van der Waals surface area contributed by atoms with Crippen LogP contribution in [-0.4, -0.2) is 18.5 Å². The highest BCUT2D eigenvalue weighted by Gasteiger charge is 2.14. The molecule has 0 aliphatic carbocycles. The van der Waals surface area contributed by atoms with E-state index in [4.69, 9.17) is 9.47 Å². The van der Waals surface area contributed by atoms with Gasteiger partial charge in [0.05, 0.1) is 17.7 Å². The molecule has 0 radical (unpaired) electrons. The van der Waals surface area contributed by atoms with Gasteiger partial charge in [0.25, 0.3) is 0 Å². The third-order valence-electron chi connectivity index (χ3n) is 3.61. The number of hydrogen-bond donors (Lipinski definition) is 0. The van der Waals surface area contributed by atoms with E-state index in [0.717, 1.165) is 24.8 Å². The van der Waals surface area contributed by atoms with Crippen molar-refractivity contribution in [2.45, 2.75) is 33.1 Å². The standard InChI is InChI=1S/C20H22O4/c1-3-4-7-13-23-19(21)16-10-8-11-17(14-16)20(22)24-18-12-6-5-9-15(18)2/h5-6,8-12,14H,3-4,7,13H2,1-2H3. The van der Waals surface area contributed by atoms with Gasteiger partial charge in [-0.3, -0.25) is 0 Å². The number of hydrogen-bond acceptors (Lipinski definition) is 4. The predicted octanol–water partition coefficient (Wildman–Crippen LogP) is 4.56. The molecular weight excluding hydrogens is 304 g/mol. The molecule has 0 atom stereocenters. The summed E-state index contributed by atoms with van der Waals surface area (Å²) < 4.78 is 10.6. The van der Waals surface area contributed by atoms with Crippen molar-refractivity contribution in [3.63, 3.8) is 0 Å². The van der Waals surface area contributed by atoms with E-state index in [1.807, 2.05) is 19.1 Å². The van der Waals surface area contributed by atoms with Gasteiger partial charge in [0.2, 0.25) is 0 Å². The van der Waals surface area contributed by atoms with Crippen LogP contribution in [0.3, 0.4) is 0 Å². The van der Waals surface area contributed by atoms with Crippen molar-refractivity contribution < 1.29 is 19.1 Å². The van der Waals surface area contributed by atoms with E-state index in [9.17, 15) is 9.59 Å². The lowest BCUT2D eigenvalue weighted by atomic mass is 10.1. The number of unbranched alkanes of at least 4 members (excludes halogenated alkanes) is 2. The Labute approximate surface area is 142 Å². The molecule has 24 heavy (non-hydrogen) atoms. The second-order valence-electron chi connectivity index (χ2n) is 5.58. The number of aryl methyl sites for hydroxylation is 1. The third-order valence-corrected chi connectivity index (χ3v) is 3.61. The first-order valence-electron chi connectivity index (χ1n) is 8.17. The van der Waals surface area contributed by atoms with E-state index in [-0.39, 0.29) is 0 Å². The summed E-state index contributed by atoms with van der Waals surface area (Å²) in [6, 6.07) is 13.7. The van der Waals surface area contributed by atoms with E-state index in [0.29, 0.717) is 23.5 Å². The molecule has 126 valence electrons. The van der Waals surface area contributed by atoms with Crippen LogP contribution in [0.5, 0.6) is 5.75 Å². The first-order chi connectivity index (χ1) is 11.6. The Morgan fingerprint density at radius 2 is 1.62 bits per heavy atom. The van der Waals surface area contributed by atoms with E-state index in [2.05, 4.69) is 6.92 Å². The summed E-state index contributed by atoms with van der Waals surface area (Å²) in [5, 5.41) is 0. The van der Waals surface area contributed by atoms with Crippen molar-refractivity contribution >= 4 is 11.9 Å². The molecule has 0 saturated heterocycles. The molecular formula is C20H22O4. The summed E-state index contributed by atoms with van der Waals surface area (Å²) in [6.45, 7) is 4.35. The maximum atomic E-state index is 12.3. The molecule has 4 heteroatoms. The maximum Gasteiger partial charge on any atom is 0.343 e. The topological polar surface area (TPSA) is 52.6 Å². The van der Waals surface area contributed by atoms with Crippen LogP contribution in [-0.2, 0) is 4.74 Å². The highest BCUT2D eigenvalue weighted by molar-refractivity contribution is 5.96. The lowest BCUT2D eigenvalue weighted by molar-refractivity contribution is 0.0498. The van der Waals surface area contributed by atoms with Gasteiger partial charge in [-0.1, -0.05) is 44.0 Å². The third kappa shape index (κ3) is 4.95. The quantitative estimate of drug-likeness (QED) is 0.425. The summed E-state index contributed by atoms with van der Waals surface area (Å²) in [5.74, 6) is -0.406. The largest absolute Gasteiger partial charge is 0.462 e. The van der Waals surface area contributed by atoms with Gasteiger partial charge in [-0.15, -0.1) is 0 Å². The molecule has 0 aliphatic heterocycles. The van der Waals surface area contributed by atoms with Crippen LogP contribution >= 0.6 is 0 Å². The summed E-state index contributed by atoms with van der Waals surface area (Å²) >= 11 is 0. The van der Waals surface area contributed by atoms with Gasteiger partial charge in [-0.2, -0.15) is 0 Å². The Kier molecular flexibility index (Phi) is 6.55. The first kappa shape index (κ1) is 17.7. The van der Waals surface area contributed by atoms with Crippen LogP contribution < -0.4 is 4.74 Å². The number of para-hydroxylation sites is 1. The lowest BCUT2D eigenvalue weighted by Crippen LogP contribution is -2.12. The van der Waals surface area contributed by atoms with Crippen molar-refractivity contribution in [2.24, 2.45) is 0 Å². The molecule has 0 spiro atoms. The fourth-order valence-corrected chi connectivity index (χ4v) is 2.20. The van der Waals surface area contributed by atoms with Gasteiger partial charge in [-0.25, -0.2) is 9.59 Å². The Bertz CT molecular complexity index is 706. The number of carbonyl (C=O) groups excluding carboxylic acids is 2. The molecule has 0 fully saturated rings. The molecule has 2 aromatic carbocycles. The van der Waals surface area contributed by atoms with E-state index in [1.165, 1.54) is 6.07 Å². The van der Waals surface area contributed by atoms with Crippen molar-refractivity contribution in [2.75, 3.05) is 6.61 Å². The zero-order chi connectivity index (χ0) is 17.4. The Morgan fingerprint density at radius 1 is 0.917 bits per heavy atom. The lowest BCUT2D eigenvalue weighted by Gasteiger charge is -2.08. The minimum atomic E-state index is -0.495. The highest BCUT2D eigenvalue weighted by atomic mass is 16.5. The molecule has 0 bridgehead atoms. The van der Waals surface area contributed by atoms with E-state index < -0.39 is 11.9 Å². The van der Waals surface area contributed by atoms with Gasteiger partial charge in [0.1, 0.15) is 5.75 Å². The van der Waals surface area contributed by atoms with Crippen LogP contribution in [0.4, 0.5) is 0 Å². The van der Waals surface area contributed by atoms with Crippen molar-refractivity contribution in [1.29, 1.82) is 0 Å². The Morgan fingerprint density at radius 3 is 2.33 bits per heavy atom. The number of esters is 2. The predicted molar refractivity (Wildman–Crippen MR) is 92.4 cm³/mol. The van der Waals surface area contributed by atoms with Gasteiger partial charge in [-0.05, 0) is 43.2 Å². The summed E-state index contributed by atoms with van der Waals surface area (Å²) in [5.41, 5.74) is 1.55. The van der Waals surface area contributed by atoms with Crippen molar-refractivity contribution in [1.82, 2.24) is 0 Å². The molecule has 0 unspecified atom stereocenters. The number of benzene rings is 2. The SMILES string of the molecule is CCCCCOC(=O)c1cccc(C(=O)Oc2ccccc2C)c1. The molecule has 0 aromatic heterocycles. The van der Waals surface area contributed by atoms with Gasteiger partial charge < -0.3 is 9.47 Å². The normalized spacial score (nSPS) is 10.2. The fraction of sp³-hybridized carbons (Fsp3) is 0.300. The Balaban J connectivity index is 2.02. The molecule has 0 amide bonds. The average molecular weight is 326 g/mol. The van der Waals surface area contributed by atoms with Crippen LogP contribution in [0, 0.1) is 6.92 Å². The maximum absolute atomic E-state index is 12.3. The minimum absolute atomic E-state index is 0.321. The first-order valence-corrected chi connectivity index (χ1v) is 8.17. The van der Waals surface area contributed by atoms with E-state index in [1.54, 1.807) is 30.3 Å². The molecule has 0 heterocycles. The molecule has 2 aromatic rings. The number of carbonyl (C=O) groups is 2. The Hall–Kier alpha value is -2.62. The average Bonchev–Trinajstić information content (AvgIpc) is 2.60. The summed E-state index contributed by atoms with van der Waals surface area (Å²) in [7, 11) is 0. The van der Waals surface area contributed by atoms with Crippen molar-refractivity contribution in [3.8, 4) is 5.75 Å². The smallest absolute Gasteiger partial charge is 0.343 e. The second kappa shape index (κ2) is 8.87. The number of rotatable bonds is 7. The van der Waals surface area contributed by atoms with E-state index >= 15 is 0 Å².